The van der Waals surface area contributed by atoms with Crippen LogP contribution in [0.3, 0.4) is 0 Å². The lowest BCUT2D eigenvalue weighted by Gasteiger charge is -2.26. The smallest absolute Gasteiger partial charge is 0.254 e. The van der Waals surface area contributed by atoms with E-state index < -0.39 is 0 Å². The maximum Gasteiger partial charge on any atom is 0.254 e. The van der Waals surface area contributed by atoms with Gasteiger partial charge < -0.3 is 9.64 Å². The third-order valence-electron chi connectivity index (χ3n) is 2.90. The number of hydrogen-bond acceptors (Lipinski definition) is 3. The quantitative estimate of drug-likeness (QED) is 0.767. The fraction of sp³-hybridized carbons (Fsp3) is 0.500. The molecule has 0 aliphatic carbocycles. The average molecular weight is 274 g/mol. The van der Waals surface area contributed by atoms with E-state index in [2.05, 4.69) is 6.07 Å². The van der Waals surface area contributed by atoms with Gasteiger partial charge in [-0.1, -0.05) is 13.0 Å². The van der Waals surface area contributed by atoms with E-state index in [-0.39, 0.29) is 11.9 Å². The summed E-state index contributed by atoms with van der Waals surface area (Å²) >= 11 is 0. The van der Waals surface area contributed by atoms with E-state index in [0.29, 0.717) is 30.9 Å². The van der Waals surface area contributed by atoms with Crippen molar-refractivity contribution < 1.29 is 9.53 Å². The van der Waals surface area contributed by atoms with Gasteiger partial charge in [-0.15, -0.1) is 0 Å². The number of nitriles is 1. The van der Waals surface area contributed by atoms with Crippen molar-refractivity contribution in [3.05, 3.63) is 29.8 Å². The Bertz CT molecular complexity index is 478. The minimum atomic E-state index is -0.0581. The van der Waals surface area contributed by atoms with Crippen molar-refractivity contribution in [1.82, 2.24) is 4.90 Å². The predicted molar refractivity (Wildman–Crippen MR) is 78.6 cm³/mol. The molecule has 0 spiro atoms. The maximum atomic E-state index is 12.5. The Kier molecular flexibility index (Phi) is 6.58. The molecular formula is C16H22N2O2. The Morgan fingerprint density at radius 1 is 1.45 bits per heavy atom. The van der Waals surface area contributed by atoms with Crippen LogP contribution in [-0.2, 0) is 0 Å². The van der Waals surface area contributed by atoms with Gasteiger partial charge in [0.1, 0.15) is 5.75 Å². The highest BCUT2D eigenvalue weighted by atomic mass is 16.5. The molecule has 0 bridgehead atoms. The Labute approximate surface area is 121 Å². The predicted octanol–water partition coefficient (Wildman–Crippen LogP) is 3.24. The topological polar surface area (TPSA) is 53.3 Å². The molecule has 0 saturated carbocycles. The highest BCUT2D eigenvalue weighted by Crippen LogP contribution is 2.16. The van der Waals surface area contributed by atoms with Gasteiger partial charge in [0, 0.05) is 18.2 Å². The van der Waals surface area contributed by atoms with Crippen molar-refractivity contribution in [2.24, 2.45) is 0 Å². The van der Waals surface area contributed by atoms with Gasteiger partial charge in [0.2, 0.25) is 0 Å². The van der Waals surface area contributed by atoms with Crippen LogP contribution >= 0.6 is 0 Å². The summed E-state index contributed by atoms with van der Waals surface area (Å²) in [5.41, 5.74) is 0.602. The van der Waals surface area contributed by atoms with Crippen LogP contribution in [0.2, 0.25) is 0 Å². The van der Waals surface area contributed by atoms with Crippen LogP contribution in [0.4, 0.5) is 0 Å². The van der Waals surface area contributed by atoms with E-state index in [1.165, 1.54) is 0 Å². The van der Waals surface area contributed by atoms with Gasteiger partial charge in [-0.3, -0.25) is 4.79 Å². The van der Waals surface area contributed by atoms with Crippen molar-refractivity contribution in [3.63, 3.8) is 0 Å². The molecule has 0 aliphatic rings. The Hall–Kier alpha value is -2.02. The van der Waals surface area contributed by atoms with Crippen LogP contribution in [0.25, 0.3) is 0 Å². The first-order valence-corrected chi connectivity index (χ1v) is 7.01. The summed E-state index contributed by atoms with van der Waals surface area (Å²) in [5.74, 6) is 0.652. The van der Waals surface area contributed by atoms with Gasteiger partial charge >= 0.3 is 0 Å². The number of ether oxygens (including phenoxy) is 1. The highest BCUT2D eigenvalue weighted by Gasteiger charge is 2.18. The molecule has 0 fully saturated rings. The molecule has 0 N–H and O–H groups in total. The second-order valence-electron chi connectivity index (χ2n) is 4.88. The molecule has 4 heteroatoms. The van der Waals surface area contributed by atoms with Crippen LogP contribution in [0, 0.1) is 11.3 Å². The first-order chi connectivity index (χ1) is 9.60. The molecule has 1 aromatic rings. The molecule has 4 nitrogen and oxygen atoms in total. The Morgan fingerprint density at radius 2 is 2.20 bits per heavy atom. The molecule has 1 amide bonds. The molecule has 0 saturated heterocycles. The molecular weight excluding hydrogens is 252 g/mol. The number of carbonyl (C=O) groups is 1. The number of nitrogens with zero attached hydrogens (tertiary/aromatic N) is 2. The minimum Gasteiger partial charge on any atom is -0.494 e. The monoisotopic (exact) mass is 274 g/mol. The van der Waals surface area contributed by atoms with Gasteiger partial charge in [-0.2, -0.15) is 5.26 Å². The molecule has 1 rings (SSSR count). The molecule has 0 aliphatic heterocycles. The van der Waals surface area contributed by atoms with E-state index in [9.17, 15) is 4.79 Å². The molecule has 0 unspecified atom stereocenters. The van der Waals surface area contributed by atoms with Crippen molar-refractivity contribution in [1.29, 1.82) is 5.26 Å². The SMILES string of the molecule is CCCOc1cccc(C(=O)N(CCC#N)C(C)C)c1. The lowest BCUT2D eigenvalue weighted by Crippen LogP contribution is -2.37. The summed E-state index contributed by atoms with van der Waals surface area (Å²) < 4.78 is 5.54. The Balaban J connectivity index is 2.85. The van der Waals surface area contributed by atoms with Crippen LogP contribution in [0.15, 0.2) is 24.3 Å². The highest BCUT2D eigenvalue weighted by molar-refractivity contribution is 5.94. The molecule has 108 valence electrons. The molecule has 0 heterocycles. The lowest BCUT2D eigenvalue weighted by atomic mass is 10.1. The Morgan fingerprint density at radius 3 is 2.80 bits per heavy atom. The number of rotatable bonds is 7. The van der Waals surface area contributed by atoms with E-state index in [1.54, 1.807) is 17.0 Å². The van der Waals surface area contributed by atoms with Crippen molar-refractivity contribution in [2.75, 3.05) is 13.2 Å². The summed E-state index contributed by atoms with van der Waals surface area (Å²) in [5, 5.41) is 8.68. The van der Waals surface area contributed by atoms with Gasteiger partial charge in [-0.05, 0) is 38.5 Å². The number of benzene rings is 1. The van der Waals surface area contributed by atoms with Crippen LogP contribution in [0.5, 0.6) is 5.75 Å². The summed E-state index contributed by atoms with van der Waals surface area (Å²) in [6.45, 7) is 7.03. The van der Waals surface area contributed by atoms with E-state index in [0.717, 1.165) is 6.42 Å². The molecule has 0 aromatic heterocycles. The summed E-state index contributed by atoms with van der Waals surface area (Å²) in [4.78, 5) is 14.2. The molecule has 1 aromatic carbocycles. The summed E-state index contributed by atoms with van der Waals surface area (Å²) in [6.07, 6.45) is 1.27. The van der Waals surface area contributed by atoms with Crippen LogP contribution in [0.1, 0.15) is 44.0 Å². The fourth-order valence-electron chi connectivity index (χ4n) is 1.87. The van der Waals surface area contributed by atoms with Crippen molar-refractivity contribution in [2.45, 2.75) is 39.7 Å². The summed E-state index contributed by atoms with van der Waals surface area (Å²) in [7, 11) is 0. The third kappa shape index (κ3) is 4.58. The molecule has 0 radical (unpaired) electrons. The zero-order valence-corrected chi connectivity index (χ0v) is 12.4. The average Bonchev–Trinajstić information content (AvgIpc) is 2.45. The zero-order valence-electron chi connectivity index (χ0n) is 12.4. The minimum absolute atomic E-state index is 0.0581. The maximum absolute atomic E-state index is 12.5. The first kappa shape index (κ1) is 16.0. The first-order valence-electron chi connectivity index (χ1n) is 7.01. The normalized spacial score (nSPS) is 10.2. The van der Waals surface area contributed by atoms with Gasteiger partial charge in [0.25, 0.3) is 5.91 Å². The van der Waals surface area contributed by atoms with E-state index in [4.69, 9.17) is 10.00 Å². The zero-order chi connectivity index (χ0) is 15.0. The van der Waals surface area contributed by atoms with E-state index in [1.807, 2.05) is 32.9 Å². The lowest BCUT2D eigenvalue weighted by molar-refractivity contribution is 0.0709. The second-order valence-corrected chi connectivity index (χ2v) is 4.88. The van der Waals surface area contributed by atoms with Gasteiger partial charge in [0.05, 0.1) is 19.1 Å². The molecule has 20 heavy (non-hydrogen) atoms. The second kappa shape index (κ2) is 8.21. The summed E-state index contributed by atoms with van der Waals surface area (Å²) in [6, 6.07) is 9.36. The van der Waals surface area contributed by atoms with Crippen LogP contribution in [-0.4, -0.2) is 30.0 Å². The molecule has 0 atom stereocenters. The van der Waals surface area contributed by atoms with E-state index >= 15 is 0 Å². The third-order valence-corrected chi connectivity index (χ3v) is 2.90. The largest absolute Gasteiger partial charge is 0.494 e. The van der Waals surface area contributed by atoms with Gasteiger partial charge in [0.15, 0.2) is 0 Å². The standard InChI is InChI=1S/C16H22N2O2/c1-4-11-20-15-8-5-7-14(12-15)16(19)18(13(2)3)10-6-9-17/h5,7-8,12-13H,4,6,10-11H2,1-3H3. The van der Waals surface area contributed by atoms with Crippen molar-refractivity contribution in [3.8, 4) is 11.8 Å². The van der Waals surface area contributed by atoms with Crippen LogP contribution < -0.4 is 4.74 Å². The number of hydrogen-bond donors (Lipinski definition) is 0. The fourth-order valence-corrected chi connectivity index (χ4v) is 1.87. The number of carbonyl (C=O) groups excluding carboxylic acids is 1. The van der Waals surface area contributed by atoms with Gasteiger partial charge in [-0.25, -0.2) is 0 Å². The number of amides is 1. The van der Waals surface area contributed by atoms with Crippen molar-refractivity contribution >= 4 is 5.91 Å².